The van der Waals surface area contributed by atoms with E-state index < -0.39 is 18.4 Å². The number of rotatable bonds is 8. The molecule has 3 rings (SSSR count). The molecule has 0 fully saturated rings. The third-order valence-electron chi connectivity index (χ3n) is 4.02. The molecule has 0 spiro atoms. The third kappa shape index (κ3) is 6.32. The highest BCUT2D eigenvalue weighted by Crippen LogP contribution is 2.21. The van der Waals surface area contributed by atoms with Gasteiger partial charge in [0.15, 0.2) is 5.82 Å². The minimum atomic E-state index is -2.96. The standard InChI is InChI=1S/C20H16BrF3N4O3/c21-15-11-28(10-13-3-1-2-4-16(13)22)27-18(15)26-17(29)9-25-19(30)12-5-7-14(8-6-12)31-20(23)24/h1-8,11,20H,9-10H2,(H,25,30)(H,26,27,29). The van der Waals surface area contributed by atoms with Crippen molar-refractivity contribution >= 4 is 33.6 Å². The van der Waals surface area contributed by atoms with Crippen LogP contribution in [0.4, 0.5) is 19.0 Å². The second-order valence-corrected chi connectivity index (χ2v) is 7.10. The molecule has 0 aliphatic heterocycles. The summed E-state index contributed by atoms with van der Waals surface area (Å²) in [7, 11) is 0. The van der Waals surface area contributed by atoms with E-state index >= 15 is 0 Å². The minimum Gasteiger partial charge on any atom is -0.435 e. The van der Waals surface area contributed by atoms with Crippen LogP contribution in [-0.2, 0) is 11.3 Å². The smallest absolute Gasteiger partial charge is 0.387 e. The van der Waals surface area contributed by atoms with E-state index in [-0.39, 0.29) is 36.0 Å². The first kappa shape index (κ1) is 22.3. The van der Waals surface area contributed by atoms with E-state index in [2.05, 4.69) is 36.4 Å². The summed E-state index contributed by atoms with van der Waals surface area (Å²) in [6.07, 6.45) is 1.59. The molecule has 2 amide bonds. The Bertz CT molecular complexity index is 1070. The largest absolute Gasteiger partial charge is 0.435 e. The van der Waals surface area contributed by atoms with E-state index in [4.69, 9.17) is 0 Å². The normalized spacial score (nSPS) is 10.7. The summed E-state index contributed by atoms with van der Waals surface area (Å²) in [5.74, 6) is -1.34. The van der Waals surface area contributed by atoms with Gasteiger partial charge in [0.2, 0.25) is 5.91 Å². The molecule has 31 heavy (non-hydrogen) atoms. The fraction of sp³-hybridized carbons (Fsp3) is 0.150. The number of anilines is 1. The van der Waals surface area contributed by atoms with Crippen molar-refractivity contribution < 1.29 is 27.5 Å². The Kier molecular flexibility index (Phi) is 7.29. The van der Waals surface area contributed by atoms with E-state index in [0.717, 1.165) is 0 Å². The van der Waals surface area contributed by atoms with Crippen molar-refractivity contribution in [3.63, 3.8) is 0 Å². The molecule has 0 unspecified atom stereocenters. The van der Waals surface area contributed by atoms with Crippen LogP contribution in [0.5, 0.6) is 5.75 Å². The quantitative estimate of drug-likeness (QED) is 0.496. The molecule has 11 heteroatoms. The maximum atomic E-state index is 13.8. The van der Waals surface area contributed by atoms with Gasteiger partial charge in [0, 0.05) is 17.3 Å². The molecule has 0 bridgehead atoms. The number of nitrogens with one attached hydrogen (secondary N) is 2. The van der Waals surface area contributed by atoms with Gasteiger partial charge in [0.1, 0.15) is 11.6 Å². The number of nitrogens with zero attached hydrogens (tertiary/aromatic N) is 2. The van der Waals surface area contributed by atoms with Gasteiger partial charge in [-0.1, -0.05) is 18.2 Å². The van der Waals surface area contributed by atoms with Gasteiger partial charge >= 0.3 is 6.61 Å². The van der Waals surface area contributed by atoms with E-state index in [1.807, 2.05) is 0 Å². The van der Waals surface area contributed by atoms with Gasteiger partial charge in [-0.25, -0.2) is 4.39 Å². The van der Waals surface area contributed by atoms with Gasteiger partial charge in [0.25, 0.3) is 5.91 Å². The van der Waals surface area contributed by atoms with Crippen LogP contribution in [0, 0.1) is 5.82 Å². The van der Waals surface area contributed by atoms with E-state index in [1.165, 1.54) is 35.0 Å². The predicted molar refractivity (Wildman–Crippen MR) is 109 cm³/mol. The van der Waals surface area contributed by atoms with Crippen molar-refractivity contribution in [1.29, 1.82) is 0 Å². The Morgan fingerprint density at radius 1 is 1.13 bits per heavy atom. The first-order chi connectivity index (χ1) is 14.8. The molecule has 0 aliphatic carbocycles. The van der Waals surface area contributed by atoms with Crippen LogP contribution in [0.3, 0.4) is 0 Å². The number of hydrogen-bond acceptors (Lipinski definition) is 4. The maximum absolute atomic E-state index is 13.8. The molecule has 7 nitrogen and oxygen atoms in total. The average Bonchev–Trinajstić information content (AvgIpc) is 3.06. The van der Waals surface area contributed by atoms with Gasteiger partial charge in [-0.05, 0) is 46.3 Å². The summed E-state index contributed by atoms with van der Waals surface area (Å²) in [5.41, 5.74) is 0.609. The van der Waals surface area contributed by atoms with E-state index in [0.29, 0.717) is 10.0 Å². The van der Waals surface area contributed by atoms with Crippen molar-refractivity contribution in [1.82, 2.24) is 15.1 Å². The average molecular weight is 497 g/mol. The second kappa shape index (κ2) is 10.1. The monoisotopic (exact) mass is 496 g/mol. The lowest BCUT2D eigenvalue weighted by molar-refractivity contribution is -0.115. The van der Waals surface area contributed by atoms with Crippen molar-refractivity contribution in [2.45, 2.75) is 13.2 Å². The summed E-state index contributed by atoms with van der Waals surface area (Å²) >= 11 is 3.27. The zero-order valence-corrected chi connectivity index (χ0v) is 17.4. The minimum absolute atomic E-state index is 0.0832. The first-order valence-electron chi connectivity index (χ1n) is 8.91. The number of carbonyl (C=O) groups excluding carboxylic acids is 2. The maximum Gasteiger partial charge on any atom is 0.387 e. The SMILES string of the molecule is O=C(CNC(=O)c1ccc(OC(F)F)cc1)Nc1nn(Cc2ccccc2F)cc1Br. The van der Waals surface area contributed by atoms with Gasteiger partial charge in [-0.15, -0.1) is 0 Å². The molecule has 2 N–H and O–H groups in total. The van der Waals surface area contributed by atoms with Gasteiger partial charge < -0.3 is 15.4 Å². The lowest BCUT2D eigenvalue weighted by Gasteiger charge is -2.07. The van der Waals surface area contributed by atoms with Crippen LogP contribution in [0.15, 0.2) is 59.2 Å². The number of amides is 2. The molecule has 3 aromatic rings. The summed E-state index contributed by atoms with van der Waals surface area (Å²) in [6, 6.07) is 11.3. The molecule has 1 aromatic heterocycles. The number of carbonyl (C=O) groups is 2. The predicted octanol–water partition coefficient (Wildman–Crippen LogP) is 3.80. The summed E-state index contributed by atoms with van der Waals surface area (Å²) in [6.45, 7) is -3.14. The molecule has 2 aromatic carbocycles. The molecule has 0 saturated carbocycles. The summed E-state index contributed by atoms with van der Waals surface area (Å²) in [4.78, 5) is 24.2. The van der Waals surface area contributed by atoms with Gasteiger partial charge in [-0.3, -0.25) is 14.3 Å². The van der Waals surface area contributed by atoms with Crippen LogP contribution in [0.25, 0.3) is 0 Å². The Morgan fingerprint density at radius 2 is 1.84 bits per heavy atom. The highest BCUT2D eigenvalue weighted by atomic mass is 79.9. The molecule has 0 atom stereocenters. The van der Waals surface area contributed by atoms with Crippen molar-refractivity contribution in [2.75, 3.05) is 11.9 Å². The summed E-state index contributed by atoms with van der Waals surface area (Å²) in [5, 5.41) is 9.14. The van der Waals surface area contributed by atoms with Crippen LogP contribution in [0.1, 0.15) is 15.9 Å². The lowest BCUT2D eigenvalue weighted by atomic mass is 10.2. The molecule has 162 valence electrons. The Hall–Kier alpha value is -3.34. The fourth-order valence-corrected chi connectivity index (χ4v) is 3.01. The van der Waals surface area contributed by atoms with Crippen LogP contribution in [-0.4, -0.2) is 34.8 Å². The number of aromatic nitrogens is 2. The second-order valence-electron chi connectivity index (χ2n) is 6.25. The van der Waals surface area contributed by atoms with Gasteiger partial charge in [-0.2, -0.15) is 13.9 Å². The van der Waals surface area contributed by atoms with Crippen LogP contribution in [0.2, 0.25) is 0 Å². The zero-order valence-electron chi connectivity index (χ0n) is 15.8. The Balaban J connectivity index is 1.53. The van der Waals surface area contributed by atoms with Crippen LogP contribution < -0.4 is 15.4 Å². The number of halogens is 4. The van der Waals surface area contributed by atoms with E-state index in [1.54, 1.807) is 24.4 Å². The number of hydrogen-bond donors (Lipinski definition) is 2. The van der Waals surface area contributed by atoms with Gasteiger partial charge in [0.05, 0.1) is 17.6 Å². The Morgan fingerprint density at radius 3 is 2.52 bits per heavy atom. The zero-order chi connectivity index (χ0) is 22.4. The third-order valence-corrected chi connectivity index (χ3v) is 4.60. The van der Waals surface area contributed by atoms with Crippen molar-refractivity contribution in [3.05, 3.63) is 76.1 Å². The van der Waals surface area contributed by atoms with Crippen LogP contribution >= 0.6 is 15.9 Å². The number of benzene rings is 2. The first-order valence-corrected chi connectivity index (χ1v) is 9.70. The molecular weight excluding hydrogens is 481 g/mol. The van der Waals surface area contributed by atoms with E-state index in [9.17, 15) is 22.8 Å². The summed E-state index contributed by atoms with van der Waals surface area (Å²) < 4.78 is 44.2. The number of alkyl halides is 2. The molecule has 1 heterocycles. The molecule has 0 saturated heterocycles. The number of ether oxygens (including phenoxy) is 1. The molecule has 0 radical (unpaired) electrons. The topological polar surface area (TPSA) is 85.2 Å². The highest BCUT2D eigenvalue weighted by molar-refractivity contribution is 9.10. The fourth-order valence-electron chi connectivity index (χ4n) is 2.59. The van der Waals surface area contributed by atoms with Crippen molar-refractivity contribution in [2.24, 2.45) is 0 Å². The highest BCUT2D eigenvalue weighted by Gasteiger charge is 2.14. The molecule has 0 aliphatic rings. The van der Waals surface area contributed by atoms with Crippen molar-refractivity contribution in [3.8, 4) is 5.75 Å². The Labute approximate surface area is 183 Å². The lowest BCUT2D eigenvalue weighted by Crippen LogP contribution is -2.33. The molecular formula is C20H16BrF3N4O3.